The molecule has 148 valence electrons. The van der Waals surface area contributed by atoms with E-state index in [2.05, 4.69) is 5.32 Å². The molecule has 1 amide bonds. The number of ether oxygens (including phenoxy) is 1. The molecule has 0 aromatic heterocycles. The van der Waals surface area contributed by atoms with Gasteiger partial charge >= 0.3 is 5.97 Å². The molecule has 1 unspecified atom stereocenters. The predicted molar refractivity (Wildman–Crippen MR) is 103 cm³/mol. The number of nitrogens with zero attached hydrogens (tertiary/aromatic N) is 1. The van der Waals surface area contributed by atoms with Crippen molar-refractivity contribution in [2.75, 3.05) is 30.8 Å². The zero-order chi connectivity index (χ0) is 19.6. The predicted octanol–water partition coefficient (Wildman–Crippen LogP) is 2.33. The summed E-state index contributed by atoms with van der Waals surface area (Å²) in [4.78, 5) is 24.9. The molecule has 1 aromatic carbocycles. The maximum atomic E-state index is 13.0. The van der Waals surface area contributed by atoms with Crippen LogP contribution in [-0.2, 0) is 24.3 Å². The first-order valence-electron chi connectivity index (χ1n) is 9.07. The van der Waals surface area contributed by atoms with Crippen LogP contribution in [-0.4, -0.2) is 50.0 Å². The van der Waals surface area contributed by atoms with Crippen molar-refractivity contribution in [3.05, 3.63) is 18.2 Å². The highest BCUT2D eigenvalue weighted by Crippen LogP contribution is 2.35. The number of rotatable bonds is 4. The van der Waals surface area contributed by atoms with Crippen molar-refractivity contribution < 1.29 is 22.7 Å². The first kappa shape index (κ1) is 20.2. The van der Waals surface area contributed by atoms with Gasteiger partial charge in [-0.15, -0.1) is 11.8 Å². The summed E-state index contributed by atoms with van der Waals surface area (Å²) in [6.07, 6.45) is 0.903. The number of hydrogen-bond acceptors (Lipinski definition) is 6. The molecule has 0 radical (unpaired) electrons. The van der Waals surface area contributed by atoms with Gasteiger partial charge in [0.05, 0.1) is 23.1 Å². The number of hydrogen-bond donors (Lipinski definition) is 1. The van der Waals surface area contributed by atoms with Gasteiger partial charge in [-0.05, 0) is 38.0 Å². The van der Waals surface area contributed by atoms with Crippen molar-refractivity contribution in [1.82, 2.24) is 4.31 Å². The summed E-state index contributed by atoms with van der Waals surface area (Å²) in [5.41, 5.74) is 0.539. The van der Waals surface area contributed by atoms with Crippen LogP contribution in [0.3, 0.4) is 0 Å². The molecule has 1 N–H and O–H groups in total. The lowest BCUT2D eigenvalue weighted by molar-refractivity contribution is -0.149. The van der Waals surface area contributed by atoms with Gasteiger partial charge < -0.3 is 10.1 Å². The van der Waals surface area contributed by atoms with E-state index in [9.17, 15) is 18.0 Å². The van der Waals surface area contributed by atoms with Crippen LogP contribution in [0.25, 0.3) is 0 Å². The fourth-order valence-corrected chi connectivity index (χ4v) is 5.69. The van der Waals surface area contributed by atoms with E-state index in [0.717, 1.165) is 4.90 Å². The Balaban J connectivity index is 1.76. The van der Waals surface area contributed by atoms with Gasteiger partial charge in [0.2, 0.25) is 15.9 Å². The van der Waals surface area contributed by atoms with Crippen LogP contribution in [0.15, 0.2) is 28.0 Å². The van der Waals surface area contributed by atoms with Crippen LogP contribution in [0.2, 0.25) is 0 Å². The summed E-state index contributed by atoms with van der Waals surface area (Å²) in [6.45, 7) is 4.49. The largest absolute Gasteiger partial charge is 0.466 e. The number of thioether (sulfide) groups is 1. The van der Waals surface area contributed by atoms with Crippen molar-refractivity contribution in [2.45, 2.75) is 36.5 Å². The maximum absolute atomic E-state index is 13.0. The van der Waals surface area contributed by atoms with E-state index in [1.54, 1.807) is 30.8 Å². The van der Waals surface area contributed by atoms with Gasteiger partial charge in [-0.2, -0.15) is 4.31 Å². The molecular weight excluding hydrogens is 388 g/mol. The van der Waals surface area contributed by atoms with Gasteiger partial charge in [-0.1, -0.05) is 6.92 Å². The third-order valence-corrected chi connectivity index (χ3v) is 8.09. The average Bonchev–Trinajstić information content (AvgIpc) is 2.80. The van der Waals surface area contributed by atoms with Crippen LogP contribution in [0.5, 0.6) is 0 Å². The molecule has 7 nitrogen and oxygen atoms in total. The molecule has 1 aromatic rings. The highest BCUT2D eigenvalue weighted by Gasteiger charge is 2.33. The second kappa shape index (κ2) is 8.20. The van der Waals surface area contributed by atoms with E-state index < -0.39 is 10.0 Å². The molecule has 2 aliphatic rings. The molecule has 1 fully saturated rings. The molecule has 27 heavy (non-hydrogen) atoms. The zero-order valence-electron chi connectivity index (χ0n) is 15.4. The van der Waals surface area contributed by atoms with Crippen LogP contribution in [0.1, 0.15) is 26.7 Å². The summed E-state index contributed by atoms with van der Waals surface area (Å²) in [6, 6.07) is 4.86. The number of sulfonamides is 1. The Hall–Kier alpha value is -1.58. The summed E-state index contributed by atoms with van der Waals surface area (Å²) in [7, 11) is -3.68. The Kier molecular flexibility index (Phi) is 6.12. The number of anilines is 1. The lowest BCUT2D eigenvalue weighted by atomic mass is 9.98. The summed E-state index contributed by atoms with van der Waals surface area (Å²) < 4.78 is 32.4. The van der Waals surface area contributed by atoms with Crippen molar-refractivity contribution >= 4 is 39.3 Å². The van der Waals surface area contributed by atoms with Crippen LogP contribution >= 0.6 is 11.8 Å². The summed E-state index contributed by atoms with van der Waals surface area (Å²) in [5, 5.41) is 2.82. The molecule has 0 aliphatic carbocycles. The van der Waals surface area contributed by atoms with Gasteiger partial charge in [-0.25, -0.2) is 8.42 Å². The van der Waals surface area contributed by atoms with Crippen molar-refractivity contribution in [3.63, 3.8) is 0 Å². The van der Waals surface area contributed by atoms with Gasteiger partial charge in [0.1, 0.15) is 0 Å². The monoisotopic (exact) mass is 412 g/mol. The van der Waals surface area contributed by atoms with Gasteiger partial charge in [-0.3, -0.25) is 9.59 Å². The van der Waals surface area contributed by atoms with Crippen molar-refractivity contribution in [1.29, 1.82) is 0 Å². The fourth-order valence-electron chi connectivity index (χ4n) is 3.18. The van der Waals surface area contributed by atoms with E-state index in [0.29, 0.717) is 30.9 Å². The molecule has 9 heteroatoms. The number of esters is 1. The number of benzene rings is 1. The number of nitrogens with one attached hydrogen (secondary N) is 1. The van der Waals surface area contributed by atoms with Gasteiger partial charge in [0.25, 0.3) is 0 Å². The van der Waals surface area contributed by atoms with Crippen LogP contribution < -0.4 is 5.32 Å². The maximum Gasteiger partial charge on any atom is 0.309 e. The molecular formula is C18H24N2O5S2. The SMILES string of the molecule is CCOC(=O)C1CCN(S(=O)(=O)c2ccc3c(c2)NC(=O)C(C)CS3)CC1. The third kappa shape index (κ3) is 4.30. The standard InChI is InChI=1S/C18H24N2O5S2/c1-3-25-18(22)13-6-8-20(9-7-13)27(23,24)14-4-5-16-15(10-14)19-17(21)12(2)11-26-16/h4-5,10,12-13H,3,6-9,11H2,1-2H3,(H,19,21). The Labute approximate surface area is 163 Å². The van der Waals surface area contributed by atoms with E-state index in [1.807, 2.05) is 6.92 Å². The first-order valence-corrected chi connectivity index (χ1v) is 11.5. The van der Waals surface area contributed by atoms with E-state index in [4.69, 9.17) is 4.74 Å². The first-order chi connectivity index (χ1) is 12.8. The Morgan fingerprint density at radius 3 is 2.70 bits per heavy atom. The molecule has 2 heterocycles. The minimum absolute atomic E-state index is 0.106. The molecule has 3 rings (SSSR count). The second-order valence-electron chi connectivity index (χ2n) is 6.79. The lowest BCUT2D eigenvalue weighted by Crippen LogP contribution is -2.40. The van der Waals surface area contributed by atoms with Crippen molar-refractivity contribution in [3.8, 4) is 0 Å². The zero-order valence-corrected chi connectivity index (χ0v) is 17.1. The van der Waals surface area contributed by atoms with Gasteiger partial charge in [0, 0.05) is 29.7 Å². The summed E-state index contributed by atoms with van der Waals surface area (Å²) >= 11 is 1.54. The quantitative estimate of drug-likeness (QED) is 0.763. The minimum atomic E-state index is -3.68. The Bertz CT molecular complexity index is 832. The Morgan fingerprint density at radius 2 is 2.04 bits per heavy atom. The highest BCUT2D eigenvalue weighted by molar-refractivity contribution is 7.99. The highest BCUT2D eigenvalue weighted by atomic mass is 32.2. The number of carbonyl (C=O) groups is 2. The topological polar surface area (TPSA) is 92.8 Å². The number of fused-ring (bicyclic) bond motifs is 1. The smallest absolute Gasteiger partial charge is 0.309 e. The average molecular weight is 413 g/mol. The number of carbonyl (C=O) groups excluding carboxylic acids is 2. The third-order valence-electron chi connectivity index (χ3n) is 4.86. The molecule has 2 aliphatic heterocycles. The second-order valence-corrected chi connectivity index (χ2v) is 9.79. The molecule has 0 saturated carbocycles. The summed E-state index contributed by atoms with van der Waals surface area (Å²) in [5.74, 6) is -0.0868. The number of amides is 1. The van der Waals surface area contributed by atoms with Crippen LogP contribution in [0.4, 0.5) is 5.69 Å². The van der Waals surface area contributed by atoms with E-state index >= 15 is 0 Å². The molecule has 1 atom stereocenters. The van der Waals surface area contributed by atoms with Crippen molar-refractivity contribution in [2.24, 2.45) is 11.8 Å². The molecule has 0 spiro atoms. The molecule has 1 saturated heterocycles. The van der Waals surface area contributed by atoms with E-state index in [-0.39, 0.29) is 41.7 Å². The van der Waals surface area contributed by atoms with Crippen LogP contribution in [0, 0.1) is 11.8 Å². The normalized spacial score (nSPS) is 21.9. The van der Waals surface area contributed by atoms with E-state index in [1.165, 1.54) is 10.4 Å². The number of piperidine rings is 1. The van der Waals surface area contributed by atoms with Gasteiger partial charge in [0.15, 0.2) is 0 Å². The lowest BCUT2D eigenvalue weighted by Gasteiger charge is -2.30. The molecule has 0 bridgehead atoms. The fraction of sp³-hybridized carbons (Fsp3) is 0.556. The minimum Gasteiger partial charge on any atom is -0.466 e. The Morgan fingerprint density at radius 1 is 1.33 bits per heavy atom.